The summed E-state index contributed by atoms with van der Waals surface area (Å²) in [6.07, 6.45) is 3.55. The van der Waals surface area contributed by atoms with Gasteiger partial charge in [0.1, 0.15) is 0 Å². The van der Waals surface area contributed by atoms with Crippen LogP contribution in [0.1, 0.15) is 29.0 Å². The number of H-pyrrole nitrogens is 1. The van der Waals surface area contributed by atoms with Crippen molar-refractivity contribution in [3.8, 4) is 0 Å². The first kappa shape index (κ1) is 17.8. The van der Waals surface area contributed by atoms with Crippen LogP contribution in [0.4, 0.5) is 8.78 Å². The molecule has 0 fully saturated rings. The summed E-state index contributed by atoms with van der Waals surface area (Å²) in [5.41, 5.74) is 0.995. The fourth-order valence-corrected chi connectivity index (χ4v) is 3.23. The van der Waals surface area contributed by atoms with E-state index in [1.807, 2.05) is 28.8 Å². The molecule has 142 valence electrons. The van der Waals surface area contributed by atoms with Gasteiger partial charge in [-0.3, -0.25) is 9.59 Å². The minimum atomic E-state index is -1.12. The maximum atomic E-state index is 13.8. The number of rotatable bonds is 3. The molecule has 0 radical (unpaired) electrons. The van der Waals surface area contributed by atoms with Gasteiger partial charge < -0.3 is 9.30 Å². The third-order valence-electron chi connectivity index (χ3n) is 4.91. The second kappa shape index (κ2) is 6.56. The van der Waals surface area contributed by atoms with E-state index in [4.69, 9.17) is 0 Å². The highest BCUT2D eigenvalue weighted by Crippen LogP contribution is 2.26. The van der Waals surface area contributed by atoms with Crippen molar-refractivity contribution < 1.29 is 13.6 Å². The Bertz CT molecular complexity index is 1250. The second-order valence-corrected chi connectivity index (χ2v) is 6.60. The summed E-state index contributed by atoms with van der Waals surface area (Å²) in [5.74, 6) is -2.46. The van der Waals surface area contributed by atoms with E-state index in [1.54, 1.807) is 26.2 Å². The number of aromatic amines is 1. The Morgan fingerprint density at radius 1 is 1.18 bits per heavy atom. The van der Waals surface area contributed by atoms with Gasteiger partial charge in [-0.1, -0.05) is 6.07 Å². The number of halogens is 2. The van der Waals surface area contributed by atoms with Crippen LogP contribution in [0.25, 0.3) is 16.3 Å². The van der Waals surface area contributed by atoms with Gasteiger partial charge in [-0.15, -0.1) is 0 Å². The highest BCUT2D eigenvalue weighted by molar-refractivity contribution is 5.96. The van der Waals surface area contributed by atoms with Gasteiger partial charge in [0, 0.05) is 30.3 Å². The molecule has 3 aromatic heterocycles. The van der Waals surface area contributed by atoms with E-state index in [0.29, 0.717) is 5.56 Å². The first-order valence-corrected chi connectivity index (χ1v) is 8.58. The number of amides is 1. The molecule has 0 aliphatic carbocycles. The molecule has 4 aromatic rings. The zero-order chi connectivity index (χ0) is 20.0. The topological polar surface area (TPSA) is 70.5 Å². The molecule has 0 saturated carbocycles. The summed E-state index contributed by atoms with van der Waals surface area (Å²) in [5, 5.41) is 6.42. The first-order valence-electron chi connectivity index (χ1n) is 8.58. The van der Waals surface area contributed by atoms with Crippen molar-refractivity contribution in [1.29, 1.82) is 0 Å². The quantitative estimate of drug-likeness (QED) is 0.591. The van der Waals surface area contributed by atoms with Gasteiger partial charge in [0.2, 0.25) is 0 Å². The number of aromatic nitrogens is 3. The first-order chi connectivity index (χ1) is 13.4. The number of nitrogens with zero attached hydrogens (tertiary/aromatic N) is 3. The van der Waals surface area contributed by atoms with E-state index in [0.717, 1.165) is 17.6 Å². The Kier molecular flexibility index (Phi) is 4.18. The van der Waals surface area contributed by atoms with Crippen LogP contribution in [0.5, 0.6) is 0 Å². The van der Waals surface area contributed by atoms with Crippen molar-refractivity contribution >= 4 is 22.2 Å². The van der Waals surface area contributed by atoms with Gasteiger partial charge in [-0.2, -0.15) is 5.10 Å². The number of hydrogen-bond acceptors (Lipinski definition) is 3. The maximum absolute atomic E-state index is 13.8. The highest BCUT2D eigenvalue weighted by atomic mass is 19.2. The lowest BCUT2D eigenvalue weighted by molar-refractivity contribution is 0.0740. The molecule has 1 amide bonds. The Morgan fingerprint density at radius 3 is 2.61 bits per heavy atom. The molecule has 8 heteroatoms. The van der Waals surface area contributed by atoms with Crippen LogP contribution in [0.3, 0.4) is 0 Å². The molecule has 0 saturated heterocycles. The number of carbonyl (C=O) groups excluding carboxylic acids is 1. The summed E-state index contributed by atoms with van der Waals surface area (Å²) in [4.78, 5) is 26.3. The second-order valence-electron chi connectivity index (χ2n) is 6.60. The normalized spacial score (nSPS) is 12.4. The van der Waals surface area contributed by atoms with E-state index in [-0.39, 0.29) is 22.4 Å². The molecule has 3 heterocycles. The number of nitrogens with one attached hydrogen (secondary N) is 1. The predicted molar refractivity (Wildman–Crippen MR) is 100 cm³/mol. The van der Waals surface area contributed by atoms with Crippen LogP contribution < -0.4 is 5.56 Å². The Labute approximate surface area is 158 Å². The van der Waals surface area contributed by atoms with Crippen molar-refractivity contribution in [3.05, 3.63) is 82.0 Å². The summed E-state index contributed by atoms with van der Waals surface area (Å²) >= 11 is 0. The van der Waals surface area contributed by atoms with Crippen molar-refractivity contribution in [2.24, 2.45) is 0 Å². The van der Waals surface area contributed by atoms with Crippen LogP contribution in [0.15, 0.2) is 53.6 Å². The Morgan fingerprint density at radius 2 is 1.89 bits per heavy atom. The zero-order valence-electron chi connectivity index (χ0n) is 15.1. The van der Waals surface area contributed by atoms with Crippen LogP contribution in [0, 0.1) is 11.6 Å². The Balaban J connectivity index is 1.75. The average molecular weight is 382 g/mol. The van der Waals surface area contributed by atoms with E-state index in [9.17, 15) is 18.4 Å². The van der Waals surface area contributed by atoms with Crippen molar-refractivity contribution in [2.75, 3.05) is 7.05 Å². The van der Waals surface area contributed by atoms with E-state index in [2.05, 4.69) is 10.2 Å². The molecule has 1 aromatic carbocycles. The fraction of sp³-hybridized carbons (Fsp3) is 0.150. The van der Waals surface area contributed by atoms with E-state index in [1.165, 1.54) is 4.90 Å². The average Bonchev–Trinajstić information content (AvgIpc) is 3.12. The molecule has 1 N–H and O–H groups in total. The van der Waals surface area contributed by atoms with Gasteiger partial charge in [0.15, 0.2) is 11.6 Å². The third kappa shape index (κ3) is 2.83. The third-order valence-corrected chi connectivity index (χ3v) is 4.91. The smallest absolute Gasteiger partial charge is 0.272 e. The van der Waals surface area contributed by atoms with Crippen LogP contribution in [-0.2, 0) is 0 Å². The van der Waals surface area contributed by atoms with Crippen LogP contribution in [0.2, 0.25) is 0 Å². The van der Waals surface area contributed by atoms with Crippen molar-refractivity contribution in [2.45, 2.75) is 13.0 Å². The SMILES string of the molecule is C[C@@H](c1n[nH]c(=O)c2cc(F)c(F)cc12)N(C)C(=O)c1cc2ccccn2c1. The van der Waals surface area contributed by atoms with E-state index < -0.39 is 23.2 Å². The monoisotopic (exact) mass is 382 g/mol. The van der Waals surface area contributed by atoms with Gasteiger partial charge in [-0.25, -0.2) is 13.9 Å². The van der Waals surface area contributed by atoms with Crippen molar-refractivity contribution in [3.63, 3.8) is 0 Å². The molecule has 0 aliphatic heterocycles. The lowest BCUT2D eigenvalue weighted by atomic mass is 10.1. The number of fused-ring (bicyclic) bond motifs is 2. The summed E-state index contributed by atoms with van der Waals surface area (Å²) < 4.78 is 29.2. The molecule has 0 unspecified atom stereocenters. The summed E-state index contributed by atoms with van der Waals surface area (Å²) in [7, 11) is 1.59. The number of carbonyl (C=O) groups is 1. The van der Waals surface area contributed by atoms with Gasteiger partial charge >= 0.3 is 0 Å². The number of hydrogen-bond donors (Lipinski definition) is 1. The van der Waals surface area contributed by atoms with E-state index >= 15 is 0 Å². The number of pyridine rings is 1. The lowest BCUT2D eigenvalue weighted by Crippen LogP contribution is -2.31. The minimum absolute atomic E-state index is 0.0220. The summed E-state index contributed by atoms with van der Waals surface area (Å²) in [6, 6.07) is 8.55. The predicted octanol–water partition coefficient (Wildman–Crippen LogP) is 3.29. The van der Waals surface area contributed by atoms with Crippen LogP contribution in [-0.4, -0.2) is 32.5 Å². The maximum Gasteiger partial charge on any atom is 0.272 e. The standard InChI is InChI=1S/C20H16F2N4O2/c1-11(18-14-8-16(21)17(22)9-15(14)19(27)24-23-18)25(2)20(28)12-7-13-5-3-4-6-26(13)10-12/h3-11H,1-2H3,(H,24,27)/t11-/m0/s1. The molecule has 0 bridgehead atoms. The molecule has 6 nitrogen and oxygen atoms in total. The summed E-state index contributed by atoms with van der Waals surface area (Å²) in [6.45, 7) is 1.70. The highest BCUT2D eigenvalue weighted by Gasteiger charge is 2.24. The van der Waals surface area contributed by atoms with Crippen LogP contribution >= 0.6 is 0 Å². The molecule has 4 rings (SSSR count). The van der Waals surface area contributed by atoms with Gasteiger partial charge in [0.05, 0.1) is 22.7 Å². The molecule has 1 atom stereocenters. The molecule has 0 aliphatic rings. The minimum Gasteiger partial charge on any atom is -0.333 e. The Hall–Kier alpha value is -3.55. The van der Waals surface area contributed by atoms with Gasteiger partial charge in [0.25, 0.3) is 11.5 Å². The molecule has 28 heavy (non-hydrogen) atoms. The number of benzene rings is 1. The lowest BCUT2D eigenvalue weighted by Gasteiger charge is -2.24. The van der Waals surface area contributed by atoms with Crippen molar-refractivity contribution in [1.82, 2.24) is 19.5 Å². The largest absolute Gasteiger partial charge is 0.333 e. The molecular formula is C20H16F2N4O2. The molecule has 0 spiro atoms. The molecular weight excluding hydrogens is 366 g/mol. The van der Waals surface area contributed by atoms with Gasteiger partial charge in [-0.05, 0) is 37.3 Å². The fourth-order valence-electron chi connectivity index (χ4n) is 3.23. The zero-order valence-corrected chi connectivity index (χ0v) is 15.1.